The van der Waals surface area contributed by atoms with Gasteiger partial charge in [0.1, 0.15) is 13.2 Å². The van der Waals surface area contributed by atoms with Crippen LogP contribution in [0.4, 0.5) is 5.69 Å². The van der Waals surface area contributed by atoms with Gasteiger partial charge >= 0.3 is 5.97 Å². The number of benzene rings is 2. The molecule has 0 spiro atoms. The molecule has 0 saturated heterocycles. The van der Waals surface area contributed by atoms with Crippen LogP contribution in [-0.4, -0.2) is 25.8 Å². The number of nitrogens with one attached hydrogen (secondary N) is 1. The highest BCUT2D eigenvalue weighted by molar-refractivity contribution is 5.81. The molecule has 0 fully saturated rings. The van der Waals surface area contributed by atoms with Crippen molar-refractivity contribution < 1.29 is 19.0 Å². The average Bonchev–Trinajstić information content (AvgIpc) is 2.60. The number of carbonyl (C=O) groups is 1. The fourth-order valence-corrected chi connectivity index (χ4v) is 2.45. The highest BCUT2D eigenvalue weighted by Crippen LogP contribution is 2.34. The second-order valence-electron chi connectivity index (χ2n) is 5.10. The molecule has 5 nitrogen and oxygen atoms in total. The molecule has 0 bridgehead atoms. The first kappa shape index (κ1) is 15.2. The molecule has 0 radical (unpaired) electrons. The summed E-state index contributed by atoms with van der Waals surface area (Å²) in [6.07, 6.45) is 0. The highest BCUT2D eigenvalue weighted by Gasteiger charge is 2.22. The Balaban J connectivity index is 1.85. The van der Waals surface area contributed by atoms with Crippen molar-refractivity contribution in [3.63, 3.8) is 0 Å². The molecule has 1 atom stereocenters. The Morgan fingerprint density at radius 1 is 1.13 bits per heavy atom. The molecule has 23 heavy (non-hydrogen) atoms. The maximum absolute atomic E-state index is 12.3. The predicted molar refractivity (Wildman–Crippen MR) is 86.9 cm³/mol. The molecule has 1 heterocycles. The number of hydrogen-bond acceptors (Lipinski definition) is 5. The zero-order chi connectivity index (χ0) is 16.1. The number of rotatable bonds is 5. The van der Waals surface area contributed by atoms with Crippen molar-refractivity contribution in [3.05, 3.63) is 54.1 Å². The van der Waals surface area contributed by atoms with Crippen LogP contribution in [0, 0.1) is 0 Å². The van der Waals surface area contributed by atoms with Crippen LogP contribution >= 0.6 is 0 Å². The number of esters is 1. The quantitative estimate of drug-likeness (QED) is 0.859. The van der Waals surface area contributed by atoms with Gasteiger partial charge in [0, 0.05) is 11.8 Å². The molecule has 1 aliphatic rings. The van der Waals surface area contributed by atoms with Crippen molar-refractivity contribution in [2.24, 2.45) is 0 Å². The van der Waals surface area contributed by atoms with Crippen molar-refractivity contribution >= 4 is 11.7 Å². The van der Waals surface area contributed by atoms with Crippen LogP contribution < -0.4 is 14.8 Å². The minimum atomic E-state index is -0.571. The third-order valence-corrected chi connectivity index (χ3v) is 3.51. The topological polar surface area (TPSA) is 56.8 Å². The standard InChI is InChI=1S/C18H19NO4/c1-2-21-18(20)17(13-6-4-3-5-7-13)19-14-8-9-15-16(12-14)23-11-10-22-15/h3-9,12,17,19H,2,10-11H2,1H3/t17-/m0/s1. The van der Waals surface area contributed by atoms with Gasteiger partial charge in [-0.1, -0.05) is 30.3 Å². The van der Waals surface area contributed by atoms with Gasteiger partial charge in [-0.15, -0.1) is 0 Å². The first-order valence-corrected chi connectivity index (χ1v) is 7.65. The summed E-state index contributed by atoms with van der Waals surface area (Å²) in [5.74, 6) is 1.08. The van der Waals surface area contributed by atoms with E-state index in [9.17, 15) is 4.79 Å². The molecule has 0 amide bonds. The van der Waals surface area contributed by atoms with Crippen LogP contribution in [0.1, 0.15) is 18.5 Å². The van der Waals surface area contributed by atoms with Crippen LogP contribution in [0.5, 0.6) is 11.5 Å². The Hall–Kier alpha value is -2.69. The molecule has 1 N–H and O–H groups in total. The number of anilines is 1. The zero-order valence-electron chi connectivity index (χ0n) is 13.0. The van der Waals surface area contributed by atoms with E-state index in [1.165, 1.54) is 0 Å². The normalized spacial score (nSPS) is 14.0. The molecule has 0 aliphatic carbocycles. The summed E-state index contributed by atoms with van der Waals surface area (Å²) in [6, 6.07) is 14.5. The highest BCUT2D eigenvalue weighted by atomic mass is 16.6. The molecule has 0 saturated carbocycles. The zero-order valence-corrected chi connectivity index (χ0v) is 13.0. The van der Waals surface area contributed by atoms with Gasteiger partial charge in [0.25, 0.3) is 0 Å². The SMILES string of the molecule is CCOC(=O)[C@@H](Nc1ccc2c(c1)OCCO2)c1ccccc1. The Kier molecular flexibility index (Phi) is 4.66. The summed E-state index contributed by atoms with van der Waals surface area (Å²) < 4.78 is 16.3. The fourth-order valence-electron chi connectivity index (χ4n) is 2.45. The van der Waals surface area contributed by atoms with Gasteiger partial charge in [-0.05, 0) is 24.6 Å². The van der Waals surface area contributed by atoms with Gasteiger partial charge < -0.3 is 19.5 Å². The Morgan fingerprint density at radius 2 is 1.87 bits per heavy atom. The van der Waals surface area contributed by atoms with E-state index < -0.39 is 6.04 Å². The number of fused-ring (bicyclic) bond motifs is 1. The first-order valence-electron chi connectivity index (χ1n) is 7.65. The van der Waals surface area contributed by atoms with E-state index >= 15 is 0 Å². The average molecular weight is 313 g/mol. The lowest BCUT2D eigenvalue weighted by molar-refractivity contribution is -0.144. The monoisotopic (exact) mass is 313 g/mol. The van der Waals surface area contributed by atoms with E-state index in [-0.39, 0.29) is 5.97 Å². The molecule has 0 aromatic heterocycles. The third kappa shape index (κ3) is 3.56. The second kappa shape index (κ2) is 7.05. The Morgan fingerprint density at radius 3 is 2.61 bits per heavy atom. The summed E-state index contributed by atoms with van der Waals surface area (Å²) >= 11 is 0. The van der Waals surface area contributed by atoms with Gasteiger partial charge in [0.2, 0.25) is 0 Å². The first-order chi connectivity index (χ1) is 11.3. The van der Waals surface area contributed by atoms with E-state index in [4.69, 9.17) is 14.2 Å². The Bertz CT molecular complexity index is 672. The van der Waals surface area contributed by atoms with Crippen molar-refractivity contribution in [2.45, 2.75) is 13.0 Å². The van der Waals surface area contributed by atoms with Crippen LogP contribution in [0.15, 0.2) is 48.5 Å². The molecule has 2 aromatic carbocycles. The van der Waals surface area contributed by atoms with Gasteiger partial charge in [0.05, 0.1) is 6.61 Å². The largest absolute Gasteiger partial charge is 0.486 e. The Labute approximate surface area is 135 Å². The third-order valence-electron chi connectivity index (χ3n) is 3.51. The molecule has 1 aliphatic heterocycles. The van der Waals surface area contributed by atoms with Crippen molar-refractivity contribution in [3.8, 4) is 11.5 Å². The minimum Gasteiger partial charge on any atom is -0.486 e. The van der Waals surface area contributed by atoms with Gasteiger partial charge in [-0.25, -0.2) is 4.79 Å². The lowest BCUT2D eigenvalue weighted by Gasteiger charge is -2.22. The molecular weight excluding hydrogens is 294 g/mol. The van der Waals surface area contributed by atoms with Crippen molar-refractivity contribution in [1.82, 2.24) is 0 Å². The smallest absolute Gasteiger partial charge is 0.333 e. The van der Waals surface area contributed by atoms with E-state index in [2.05, 4.69) is 5.32 Å². The lowest BCUT2D eigenvalue weighted by Crippen LogP contribution is -2.23. The van der Waals surface area contributed by atoms with E-state index in [1.54, 1.807) is 6.92 Å². The van der Waals surface area contributed by atoms with Crippen LogP contribution in [0.25, 0.3) is 0 Å². The van der Waals surface area contributed by atoms with Gasteiger partial charge in [-0.3, -0.25) is 0 Å². The maximum atomic E-state index is 12.3. The lowest BCUT2D eigenvalue weighted by atomic mass is 10.1. The van der Waals surface area contributed by atoms with E-state index in [0.717, 1.165) is 11.3 Å². The molecule has 0 unspecified atom stereocenters. The molecular formula is C18H19NO4. The summed E-state index contributed by atoms with van der Waals surface area (Å²) in [5, 5.41) is 3.22. The fraction of sp³-hybridized carbons (Fsp3) is 0.278. The van der Waals surface area contributed by atoms with Gasteiger partial charge in [0.15, 0.2) is 17.5 Å². The molecule has 2 aromatic rings. The second-order valence-corrected chi connectivity index (χ2v) is 5.10. The van der Waals surface area contributed by atoms with E-state index in [1.807, 2.05) is 48.5 Å². The van der Waals surface area contributed by atoms with E-state index in [0.29, 0.717) is 31.3 Å². The summed E-state index contributed by atoms with van der Waals surface area (Å²) in [5.41, 5.74) is 1.62. The summed E-state index contributed by atoms with van der Waals surface area (Å²) in [4.78, 5) is 12.3. The van der Waals surface area contributed by atoms with Crippen molar-refractivity contribution in [1.29, 1.82) is 0 Å². The summed E-state index contributed by atoms with van der Waals surface area (Å²) in [7, 11) is 0. The van der Waals surface area contributed by atoms with Crippen molar-refractivity contribution in [2.75, 3.05) is 25.1 Å². The van der Waals surface area contributed by atoms with Gasteiger partial charge in [-0.2, -0.15) is 0 Å². The maximum Gasteiger partial charge on any atom is 0.333 e. The molecule has 5 heteroatoms. The summed E-state index contributed by atoms with van der Waals surface area (Å²) in [6.45, 7) is 3.21. The van der Waals surface area contributed by atoms with Crippen LogP contribution in [0.2, 0.25) is 0 Å². The number of ether oxygens (including phenoxy) is 3. The predicted octanol–water partition coefficient (Wildman–Crippen LogP) is 3.17. The number of hydrogen-bond donors (Lipinski definition) is 1. The van der Waals surface area contributed by atoms with Crippen LogP contribution in [0.3, 0.4) is 0 Å². The number of carbonyl (C=O) groups excluding carboxylic acids is 1. The molecule has 3 rings (SSSR count). The van der Waals surface area contributed by atoms with Crippen LogP contribution in [-0.2, 0) is 9.53 Å². The minimum absolute atomic E-state index is 0.311. The molecule has 120 valence electrons.